The first-order valence-electron chi connectivity index (χ1n) is 5.91. The standard InChI is InChI=1S/C12H13N3O4S2/c1-8-14-9(7-20-8)6-13-10-4-3-5-11(21(2,18)19)12(10)15(16)17/h3-5,7,13H,6H2,1-2H3. The number of nitro groups is 1. The van der Waals surface area contributed by atoms with Gasteiger partial charge in [0.1, 0.15) is 10.6 Å². The van der Waals surface area contributed by atoms with E-state index in [-0.39, 0.29) is 10.6 Å². The van der Waals surface area contributed by atoms with Gasteiger partial charge in [0.05, 0.1) is 22.2 Å². The number of benzene rings is 1. The maximum atomic E-state index is 11.6. The van der Waals surface area contributed by atoms with E-state index in [4.69, 9.17) is 0 Å². The summed E-state index contributed by atoms with van der Waals surface area (Å²) >= 11 is 1.48. The van der Waals surface area contributed by atoms with E-state index in [2.05, 4.69) is 10.3 Å². The number of thiazole rings is 1. The molecule has 0 aliphatic carbocycles. The van der Waals surface area contributed by atoms with E-state index >= 15 is 0 Å². The van der Waals surface area contributed by atoms with Gasteiger partial charge in [-0.25, -0.2) is 13.4 Å². The van der Waals surface area contributed by atoms with Crippen molar-refractivity contribution in [3.8, 4) is 0 Å². The Morgan fingerprint density at radius 3 is 2.67 bits per heavy atom. The van der Waals surface area contributed by atoms with Crippen LogP contribution in [0.25, 0.3) is 0 Å². The molecule has 0 fully saturated rings. The second-order valence-corrected chi connectivity index (χ2v) is 7.44. The van der Waals surface area contributed by atoms with Crippen molar-refractivity contribution in [2.45, 2.75) is 18.4 Å². The van der Waals surface area contributed by atoms with E-state index in [1.54, 1.807) is 0 Å². The van der Waals surface area contributed by atoms with Crippen LogP contribution in [0.3, 0.4) is 0 Å². The Hall–Kier alpha value is -2.00. The summed E-state index contributed by atoms with van der Waals surface area (Å²) in [5, 5.41) is 16.8. The lowest BCUT2D eigenvalue weighted by Gasteiger charge is -2.08. The third-order valence-electron chi connectivity index (χ3n) is 2.71. The van der Waals surface area contributed by atoms with Crippen LogP contribution in [-0.2, 0) is 16.4 Å². The summed E-state index contributed by atoms with van der Waals surface area (Å²) < 4.78 is 23.3. The second kappa shape index (κ2) is 5.78. The average Bonchev–Trinajstić information content (AvgIpc) is 2.80. The number of rotatable bonds is 5. The maximum absolute atomic E-state index is 11.6. The molecular formula is C12H13N3O4S2. The van der Waals surface area contributed by atoms with E-state index < -0.39 is 20.4 Å². The van der Waals surface area contributed by atoms with Crippen LogP contribution in [0.4, 0.5) is 11.4 Å². The van der Waals surface area contributed by atoms with Gasteiger partial charge < -0.3 is 5.32 Å². The van der Waals surface area contributed by atoms with Gasteiger partial charge in [-0.1, -0.05) is 6.07 Å². The molecule has 1 N–H and O–H groups in total. The molecule has 21 heavy (non-hydrogen) atoms. The maximum Gasteiger partial charge on any atom is 0.310 e. The number of aryl methyl sites for hydroxylation is 1. The summed E-state index contributed by atoms with van der Waals surface area (Å²) in [6, 6.07) is 4.18. The van der Waals surface area contributed by atoms with Crippen LogP contribution >= 0.6 is 11.3 Å². The lowest BCUT2D eigenvalue weighted by Crippen LogP contribution is -2.08. The molecule has 2 rings (SSSR count). The highest BCUT2D eigenvalue weighted by Gasteiger charge is 2.25. The van der Waals surface area contributed by atoms with E-state index in [0.29, 0.717) is 6.54 Å². The molecule has 0 bridgehead atoms. The Morgan fingerprint density at radius 2 is 2.14 bits per heavy atom. The number of nitrogens with one attached hydrogen (secondary N) is 1. The summed E-state index contributed by atoms with van der Waals surface area (Å²) in [5.41, 5.74) is 0.470. The molecular weight excluding hydrogens is 314 g/mol. The fourth-order valence-corrected chi connectivity index (χ4v) is 3.30. The van der Waals surface area contributed by atoms with E-state index in [1.807, 2.05) is 12.3 Å². The molecule has 9 heteroatoms. The van der Waals surface area contributed by atoms with Crippen LogP contribution in [0, 0.1) is 17.0 Å². The Labute approximate surface area is 125 Å². The van der Waals surface area contributed by atoms with Crippen molar-refractivity contribution in [1.29, 1.82) is 0 Å². The molecule has 112 valence electrons. The number of anilines is 1. The van der Waals surface area contributed by atoms with Gasteiger partial charge in [0.15, 0.2) is 9.84 Å². The average molecular weight is 327 g/mol. The van der Waals surface area contributed by atoms with Gasteiger partial charge in [-0.15, -0.1) is 11.3 Å². The number of sulfone groups is 1. The predicted octanol–water partition coefficient (Wildman–Crippen LogP) is 2.38. The topological polar surface area (TPSA) is 102 Å². The first kappa shape index (κ1) is 15.4. The van der Waals surface area contributed by atoms with Crippen molar-refractivity contribution in [2.75, 3.05) is 11.6 Å². The minimum atomic E-state index is -3.68. The second-order valence-electron chi connectivity index (χ2n) is 4.39. The van der Waals surface area contributed by atoms with Crippen molar-refractivity contribution in [1.82, 2.24) is 4.98 Å². The van der Waals surface area contributed by atoms with Crippen LogP contribution in [-0.4, -0.2) is 24.6 Å². The fourth-order valence-electron chi connectivity index (χ4n) is 1.83. The largest absolute Gasteiger partial charge is 0.374 e. The molecule has 0 unspecified atom stereocenters. The minimum Gasteiger partial charge on any atom is -0.374 e. The fraction of sp³-hybridized carbons (Fsp3) is 0.250. The van der Waals surface area contributed by atoms with Gasteiger partial charge in [-0.05, 0) is 19.1 Å². The van der Waals surface area contributed by atoms with Crippen LogP contribution in [0.15, 0.2) is 28.5 Å². The van der Waals surface area contributed by atoms with Crippen molar-refractivity contribution < 1.29 is 13.3 Å². The molecule has 0 saturated heterocycles. The number of aromatic nitrogens is 1. The van der Waals surface area contributed by atoms with Gasteiger partial charge in [0.2, 0.25) is 0 Å². The highest BCUT2D eigenvalue weighted by atomic mass is 32.2. The number of para-hydroxylation sites is 1. The molecule has 1 aromatic heterocycles. The van der Waals surface area contributed by atoms with Crippen molar-refractivity contribution in [3.63, 3.8) is 0 Å². The molecule has 1 heterocycles. The minimum absolute atomic E-state index is 0.161. The third-order valence-corrected chi connectivity index (χ3v) is 4.66. The summed E-state index contributed by atoms with van der Waals surface area (Å²) in [4.78, 5) is 14.4. The zero-order valence-corrected chi connectivity index (χ0v) is 13.0. The molecule has 0 spiro atoms. The van der Waals surface area contributed by atoms with E-state index in [1.165, 1.54) is 29.5 Å². The van der Waals surface area contributed by atoms with Gasteiger partial charge in [0, 0.05) is 11.6 Å². The Bertz CT molecular complexity index is 784. The molecule has 0 aliphatic rings. The van der Waals surface area contributed by atoms with Gasteiger partial charge in [-0.2, -0.15) is 0 Å². The third kappa shape index (κ3) is 3.56. The van der Waals surface area contributed by atoms with Crippen molar-refractivity contribution >= 4 is 32.5 Å². The Balaban J connectivity index is 2.37. The zero-order valence-electron chi connectivity index (χ0n) is 11.4. The first-order chi connectivity index (χ1) is 9.79. The lowest BCUT2D eigenvalue weighted by atomic mass is 10.2. The molecule has 0 atom stereocenters. The van der Waals surface area contributed by atoms with Gasteiger partial charge >= 0.3 is 5.69 Å². The summed E-state index contributed by atoms with van der Waals surface area (Å²) in [6.45, 7) is 2.15. The number of hydrogen-bond donors (Lipinski definition) is 1. The monoisotopic (exact) mass is 327 g/mol. The highest BCUT2D eigenvalue weighted by molar-refractivity contribution is 7.90. The Morgan fingerprint density at radius 1 is 1.43 bits per heavy atom. The zero-order chi connectivity index (χ0) is 15.6. The van der Waals surface area contributed by atoms with Crippen molar-refractivity contribution in [2.24, 2.45) is 0 Å². The lowest BCUT2D eigenvalue weighted by molar-refractivity contribution is -0.386. The summed E-state index contributed by atoms with van der Waals surface area (Å²) in [6.07, 6.45) is 0.947. The smallest absolute Gasteiger partial charge is 0.310 e. The summed E-state index contributed by atoms with van der Waals surface area (Å²) in [5.74, 6) is 0. The van der Waals surface area contributed by atoms with Crippen LogP contribution in [0.5, 0.6) is 0 Å². The molecule has 0 saturated carbocycles. The van der Waals surface area contributed by atoms with E-state index in [9.17, 15) is 18.5 Å². The first-order valence-corrected chi connectivity index (χ1v) is 8.68. The number of nitrogens with zero attached hydrogens (tertiary/aromatic N) is 2. The molecule has 0 radical (unpaired) electrons. The van der Waals surface area contributed by atoms with Crippen LogP contribution in [0.2, 0.25) is 0 Å². The van der Waals surface area contributed by atoms with Crippen LogP contribution < -0.4 is 5.32 Å². The molecule has 7 nitrogen and oxygen atoms in total. The molecule has 1 aromatic carbocycles. The van der Waals surface area contributed by atoms with Crippen molar-refractivity contribution in [3.05, 3.63) is 44.4 Å². The Kier molecular flexibility index (Phi) is 4.24. The normalized spacial score (nSPS) is 11.3. The van der Waals surface area contributed by atoms with E-state index in [0.717, 1.165) is 17.0 Å². The SMILES string of the molecule is Cc1nc(CNc2cccc(S(C)(=O)=O)c2[N+](=O)[O-])cs1. The predicted molar refractivity (Wildman–Crippen MR) is 80.4 cm³/mol. The molecule has 2 aromatic rings. The van der Waals surface area contributed by atoms with Crippen LogP contribution in [0.1, 0.15) is 10.7 Å². The number of hydrogen-bond acceptors (Lipinski definition) is 7. The number of nitro benzene ring substituents is 1. The molecule has 0 aliphatic heterocycles. The van der Waals surface area contributed by atoms with Gasteiger partial charge in [0.25, 0.3) is 0 Å². The highest BCUT2D eigenvalue weighted by Crippen LogP contribution is 2.32. The molecule has 0 amide bonds. The quantitative estimate of drug-likeness (QED) is 0.668. The summed E-state index contributed by atoms with van der Waals surface area (Å²) in [7, 11) is -3.68. The van der Waals surface area contributed by atoms with Gasteiger partial charge in [-0.3, -0.25) is 10.1 Å².